The first-order valence-corrected chi connectivity index (χ1v) is 6.90. The molecule has 20 heavy (non-hydrogen) atoms. The van der Waals surface area contributed by atoms with E-state index in [0.717, 1.165) is 34.8 Å². The quantitative estimate of drug-likeness (QED) is 0.766. The van der Waals surface area contributed by atoms with Gasteiger partial charge in [-0.15, -0.1) is 0 Å². The van der Waals surface area contributed by atoms with Crippen molar-refractivity contribution >= 4 is 11.0 Å². The molecule has 0 fully saturated rings. The molecule has 0 atom stereocenters. The molecule has 3 heteroatoms. The Morgan fingerprint density at radius 3 is 2.50 bits per heavy atom. The predicted octanol–water partition coefficient (Wildman–Crippen LogP) is 4.26. The summed E-state index contributed by atoms with van der Waals surface area (Å²) in [5, 5.41) is 0. The van der Waals surface area contributed by atoms with E-state index in [-0.39, 0.29) is 0 Å². The fourth-order valence-electron chi connectivity index (χ4n) is 2.06. The van der Waals surface area contributed by atoms with Crippen LogP contribution in [-0.2, 0) is 0 Å². The molecule has 0 unspecified atom stereocenters. The zero-order valence-corrected chi connectivity index (χ0v) is 11.8. The number of imidazole rings is 1. The van der Waals surface area contributed by atoms with Crippen molar-refractivity contribution in [2.24, 2.45) is 5.92 Å². The number of hydrogen-bond acceptors (Lipinski definition) is 2. The first-order chi connectivity index (χ1) is 9.72. The lowest BCUT2D eigenvalue weighted by atomic mass is 10.2. The van der Waals surface area contributed by atoms with Crippen LogP contribution in [-0.4, -0.2) is 16.6 Å². The summed E-state index contributed by atoms with van der Waals surface area (Å²) in [5.41, 5.74) is 3.11. The van der Waals surface area contributed by atoms with Crippen LogP contribution in [0.25, 0.3) is 22.4 Å². The second kappa shape index (κ2) is 5.37. The number of para-hydroxylation sites is 2. The van der Waals surface area contributed by atoms with Gasteiger partial charge in [0, 0.05) is 5.56 Å². The Morgan fingerprint density at radius 2 is 1.80 bits per heavy atom. The van der Waals surface area contributed by atoms with Crippen LogP contribution in [0.4, 0.5) is 0 Å². The van der Waals surface area contributed by atoms with Crippen molar-refractivity contribution in [2.45, 2.75) is 13.8 Å². The molecule has 1 heterocycles. The molecule has 1 N–H and O–H groups in total. The fraction of sp³-hybridized carbons (Fsp3) is 0.235. The van der Waals surface area contributed by atoms with Crippen LogP contribution in [0.5, 0.6) is 5.75 Å². The molecule has 3 aromatic rings. The Labute approximate surface area is 118 Å². The summed E-state index contributed by atoms with van der Waals surface area (Å²) in [4.78, 5) is 7.92. The minimum Gasteiger partial charge on any atom is -0.493 e. The molecule has 0 aliphatic carbocycles. The summed E-state index contributed by atoms with van der Waals surface area (Å²) in [6.45, 7) is 5.02. The predicted molar refractivity (Wildman–Crippen MR) is 81.9 cm³/mol. The second-order valence-electron chi connectivity index (χ2n) is 5.33. The van der Waals surface area contributed by atoms with Gasteiger partial charge in [0.1, 0.15) is 11.6 Å². The summed E-state index contributed by atoms with van der Waals surface area (Å²) >= 11 is 0. The number of aromatic amines is 1. The number of aromatic nitrogens is 2. The number of nitrogens with one attached hydrogen (secondary N) is 1. The van der Waals surface area contributed by atoms with Gasteiger partial charge in [0.05, 0.1) is 17.6 Å². The van der Waals surface area contributed by atoms with Gasteiger partial charge in [-0.05, 0) is 42.3 Å². The minimum atomic E-state index is 0.532. The maximum absolute atomic E-state index is 5.69. The largest absolute Gasteiger partial charge is 0.493 e. The molecule has 0 saturated heterocycles. The number of rotatable bonds is 4. The van der Waals surface area contributed by atoms with Crippen LogP contribution in [0.1, 0.15) is 13.8 Å². The molecule has 0 amide bonds. The molecular formula is C17H18N2O. The van der Waals surface area contributed by atoms with E-state index >= 15 is 0 Å². The monoisotopic (exact) mass is 266 g/mol. The smallest absolute Gasteiger partial charge is 0.138 e. The number of nitrogens with zero attached hydrogens (tertiary/aromatic N) is 1. The Morgan fingerprint density at radius 1 is 1.05 bits per heavy atom. The first kappa shape index (κ1) is 12.7. The summed E-state index contributed by atoms with van der Waals surface area (Å²) in [7, 11) is 0. The molecule has 0 radical (unpaired) electrons. The Bertz CT molecular complexity index is 665. The van der Waals surface area contributed by atoms with Crippen molar-refractivity contribution in [3.63, 3.8) is 0 Å². The van der Waals surface area contributed by atoms with E-state index in [1.54, 1.807) is 0 Å². The summed E-state index contributed by atoms with van der Waals surface area (Å²) in [6.07, 6.45) is 0. The Balaban J connectivity index is 1.83. The maximum Gasteiger partial charge on any atom is 0.138 e. The number of benzene rings is 2. The minimum absolute atomic E-state index is 0.532. The van der Waals surface area contributed by atoms with Gasteiger partial charge in [0.15, 0.2) is 0 Å². The molecule has 102 valence electrons. The van der Waals surface area contributed by atoms with E-state index in [1.807, 2.05) is 48.5 Å². The van der Waals surface area contributed by atoms with E-state index in [2.05, 4.69) is 23.8 Å². The normalized spacial score (nSPS) is 11.2. The van der Waals surface area contributed by atoms with Gasteiger partial charge in [-0.2, -0.15) is 0 Å². The first-order valence-electron chi connectivity index (χ1n) is 6.90. The second-order valence-corrected chi connectivity index (χ2v) is 5.33. The molecular weight excluding hydrogens is 248 g/mol. The van der Waals surface area contributed by atoms with Crippen molar-refractivity contribution in [3.05, 3.63) is 48.5 Å². The van der Waals surface area contributed by atoms with Crippen molar-refractivity contribution in [1.82, 2.24) is 9.97 Å². The van der Waals surface area contributed by atoms with E-state index in [1.165, 1.54) is 0 Å². The highest BCUT2D eigenvalue weighted by Gasteiger charge is 2.05. The highest BCUT2D eigenvalue weighted by Crippen LogP contribution is 2.22. The molecule has 0 saturated carbocycles. The summed E-state index contributed by atoms with van der Waals surface area (Å²) in [5.74, 6) is 2.32. The molecule has 0 aliphatic heterocycles. The van der Waals surface area contributed by atoms with E-state index in [0.29, 0.717) is 5.92 Å². The van der Waals surface area contributed by atoms with Crippen LogP contribution in [0.3, 0.4) is 0 Å². The maximum atomic E-state index is 5.69. The number of hydrogen-bond donors (Lipinski definition) is 1. The SMILES string of the molecule is CC(C)COc1ccc(-c2nc3ccccc3[nH]2)cc1. The Kier molecular flexibility index (Phi) is 3.42. The van der Waals surface area contributed by atoms with Crippen LogP contribution < -0.4 is 4.74 Å². The van der Waals surface area contributed by atoms with Crippen LogP contribution in [0.2, 0.25) is 0 Å². The lowest BCUT2D eigenvalue weighted by Gasteiger charge is -2.08. The highest BCUT2D eigenvalue weighted by molar-refractivity contribution is 5.79. The van der Waals surface area contributed by atoms with Crippen molar-refractivity contribution in [1.29, 1.82) is 0 Å². The van der Waals surface area contributed by atoms with Gasteiger partial charge < -0.3 is 9.72 Å². The third-order valence-electron chi connectivity index (χ3n) is 3.10. The molecule has 0 aliphatic rings. The zero-order chi connectivity index (χ0) is 13.9. The third-order valence-corrected chi connectivity index (χ3v) is 3.10. The van der Waals surface area contributed by atoms with E-state index in [4.69, 9.17) is 4.74 Å². The molecule has 0 bridgehead atoms. The molecule has 3 nitrogen and oxygen atoms in total. The third kappa shape index (κ3) is 2.67. The Hall–Kier alpha value is -2.29. The van der Waals surface area contributed by atoms with Crippen LogP contribution in [0, 0.1) is 5.92 Å². The number of H-pyrrole nitrogens is 1. The van der Waals surface area contributed by atoms with Gasteiger partial charge in [-0.3, -0.25) is 0 Å². The van der Waals surface area contributed by atoms with Crippen molar-refractivity contribution in [2.75, 3.05) is 6.61 Å². The number of ether oxygens (including phenoxy) is 1. The molecule has 3 rings (SSSR count). The molecule has 2 aromatic carbocycles. The lowest BCUT2D eigenvalue weighted by Crippen LogP contribution is -2.04. The van der Waals surface area contributed by atoms with Gasteiger partial charge in [0.25, 0.3) is 0 Å². The van der Waals surface area contributed by atoms with Gasteiger partial charge in [0.2, 0.25) is 0 Å². The van der Waals surface area contributed by atoms with Crippen LogP contribution >= 0.6 is 0 Å². The molecule has 0 spiro atoms. The lowest BCUT2D eigenvalue weighted by molar-refractivity contribution is 0.271. The standard InChI is InChI=1S/C17H18N2O/c1-12(2)11-20-14-9-7-13(8-10-14)17-18-15-5-3-4-6-16(15)19-17/h3-10,12H,11H2,1-2H3,(H,18,19). The van der Waals surface area contributed by atoms with E-state index < -0.39 is 0 Å². The van der Waals surface area contributed by atoms with Crippen molar-refractivity contribution < 1.29 is 4.74 Å². The van der Waals surface area contributed by atoms with Gasteiger partial charge in [-0.25, -0.2) is 4.98 Å². The highest BCUT2D eigenvalue weighted by atomic mass is 16.5. The average Bonchev–Trinajstić information content (AvgIpc) is 2.89. The van der Waals surface area contributed by atoms with Crippen molar-refractivity contribution in [3.8, 4) is 17.1 Å². The van der Waals surface area contributed by atoms with Gasteiger partial charge in [-0.1, -0.05) is 26.0 Å². The summed E-state index contributed by atoms with van der Waals surface area (Å²) < 4.78 is 5.69. The zero-order valence-electron chi connectivity index (χ0n) is 11.8. The van der Waals surface area contributed by atoms with Gasteiger partial charge >= 0.3 is 0 Å². The summed E-state index contributed by atoms with van der Waals surface area (Å²) in [6, 6.07) is 16.1. The number of fused-ring (bicyclic) bond motifs is 1. The van der Waals surface area contributed by atoms with E-state index in [9.17, 15) is 0 Å². The average molecular weight is 266 g/mol. The molecule has 1 aromatic heterocycles. The van der Waals surface area contributed by atoms with Crippen LogP contribution in [0.15, 0.2) is 48.5 Å². The topological polar surface area (TPSA) is 37.9 Å². The fourth-order valence-corrected chi connectivity index (χ4v) is 2.06.